The molecule has 0 saturated carbocycles. The van der Waals surface area contributed by atoms with Crippen LogP contribution < -0.4 is 15.8 Å². The minimum absolute atomic E-state index is 0.307. The molecule has 2 heterocycles. The van der Waals surface area contributed by atoms with Crippen LogP contribution in [0.2, 0.25) is 0 Å². The standard InChI is InChI=1S/C13H17F2NO.C12H14N4O2/c1-17-7-6-16-5-4-11(9-16)10-2-3-12(14)13(15)8-10;1-2-18-11-8-10(14-12(13)17)16(15-11)9-6-4-3-5-7-9/h2-3,8,11H,4-7,9H2,1H3;3-8H,2H2,1H3,(H3,13,14,17). The zero-order valence-electron chi connectivity index (χ0n) is 19.9. The number of nitrogens with one attached hydrogen (secondary N) is 1. The highest BCUT2D eigenvalue weighted by Crippen LogP contribution is 2.28. The Balaban J connectivity index is 0.000000196. The molecule has 35 heavy (non-hydrogen) atoms. The van der Waals surface area contributed by atoms with Gasteiger partial charge < -0.3 is 20.1 Å². The molecule has 4 rings (SSSR count). The van der Waals surface area contributed by atoms with E-state index in [9.17, 15) is 13.6 Å². The summed E-state index contributed by atoms with van der Waals surface area (Å²) >= 11 is 0. The number of para-hydroxylation sites is 1. The third-order valence-corrected chi connectivity index (χ3v) is 5.53. The van der Waals surface area contributed by atoms with Crippen LogP contribution in [0.25, 0.3) is 5.69 Å². The maximum atomic E-state index is 13.1. The zero-order chi connectivity index (χ0) is 25.2. The van der Waals surface area contributed by atoms with Crippen molar-refractivity contribution in [2.24, 2.45) is 5.73 Å². The van der Waals surface area contributed by atoms with Crippen LogP contribution in [0, 0.1) is 11.6 Å². The fourth-order valence-corrected chi connectivity index (χ4v) is 3.85. The molecule has 1 aromatic heterocycles. The van der Waals surface area contributed by atoms with E-state index in [0.717, 1.165) is 37.3 Å². The van der Waals surface area contributed by atoms with Crippen molar-refractivity contribution in [1.82, 2.24) is 14.7 Å². The monoisotopic (exact) mass is 487 g/mol. The number of rotatable bonds is 8. The first-order valence-electron chi connectivity index (χ1n) is 11.4. The number of hydrogen-bond donors (Lipinski definition) is 2. The fraction of sp³-hybridized carbons (Fsp3) is 0.360. The molecule has 0 radical (unpaired) electrons. The summed E-state index contributed by atoms with van der Waals surface area (Å²) in [4.78, 5) is 13.2. The zero-order valence-corrected chi connectivity index (χ0v) is 19.9. The minimum Gasteiger partial charge on any atom is -0.477 e. The average Bonchev–Trinajstić information content (AvgIpc) is 3.47. The lowest BCUT2D eigenvalue weighted by Crippen LogP contribution is -2.24. The number of methoxy groups -OCH3 is 1. The average molecular weight is 488 g/mol. The molecule has 10 heteroatoms. The molecule has 3 N–H and O–H groups in total. The quantitative estimate of drug-likeness (QED) is 0.498. The number of amides is 2. The van der Waals surface area contributed by atoms with Crippen LogP contribution in [0.15, 0.2) is 54.6 Å². The molecule has 1 aliphatic heterocycles. The van der Waals surface area contributed by atoms with Crippen LogP contribution in [0.3, 0.4) is 0 Å². The van der Waals surface area contributed by atoms with Crippen molar-refractivity contribution in [2.45, 2.75) is 19.3 Å². The molecule has 1 fully saturated rings. The largest absolute Gasteiger partial charge is 0.477 e. The first-order valence-corrected chi connectivity index (χ1v) is 11.4. The summed E-state index contributed by atoms with van der Waals surface area (Å²) in [5.41, 5.74) is 6.83. The summed E-state index contributed by atoms with van der Waals surface area (Å²) in [7, 11) is 1.68. The lowest BCUT2D eigenvalue weighted by atomic mass is 9.98. The van der Waals surface area contributed by atoms with Gasteiger partial charge in [-0.25, -0.2) is 18.3 Å². The van der Waals surface area contributed by atoms with E-state index in [-0.39, 0.29) is 0 Å². The Morgan fingerprint density at radius 2 is 1.94 bits per heavy atom. The van der Waals surface area contributed by atoms with Gasteiger partial charge in [0.2, 0.25) is 5.88 Å². The van der Waals surface area contributed by atoms with Gasteiger partial charge in [0.05, 0.1) is 18.9 Å². The van der Waals surface area contributed by atoms with E-state index in [0.29, 0.717) is 30.8 Å². The Bertz CT molecular complexity index is 1090. The Hall–Kier alpha value is -3.50. The van der Waals surface area contributed by atoms with Crippen molar-refractivity contribution in [3.8, 4) is 11.6 Å². The van der Waals surface area contributed by atoms with Crippen LogP contribution in [0.5, 0.6) is 5.88 Å². The van der Waals surface area contributed by atoms with Gasteiger partial charge in [-0.15, -0.1) is 5.10 Å². The number of nitrogens with zero attached hydrogens (tertiary/aromatic N) is 3. The topological polar surface area (TPSA) is 94.6 Å². The summed E-state index contributed by atoms with van der Waals surface area (Å²) in [5, 5.41) is 6.76. The maximum absolute atomic E-state index is 13.1. The van der Waals surface area contributed by atoms with E-state index in [1.807, 2.05) is 37.3 Å². The molecule has 1 saturated heterocycles. The number of hydrogen-bond acceptors (Lipinski definition) is 5. The Morgan fingerprint density at radius 1 is 1.17 bits per heavy atom. The number of halogens is 2. The van der Waals surface area contributed by atoms with Gasteiger partial charge in [-0.2, -0.15) is 0 Å². The van der Waals surface area contributed by atoms with Crippen molar-refractivity contribution in [3.63, 3.8) is 0 Å². The molecule has 188 valence electrons. The molecular weight excluding hydrogens is 456 g/mol. The normalized spacial score (nSPS) is 15.4. The Morgan fingerprint density at radius 3 is 2.60 bits per heavy atom. The van der Waals surface area contributed by atoms with Crippen LogP contribution >= 0.6 is 0 Å². The molecule has 1 atom stereocenters. The summed E-state index contributed by atoms with van der Waals surface area (Å²) in [6.45, 7) is 5.87. The van der Waals surface area contributed by atoms with Crippen LogP contribution in [-0.2, 0) is 4.74 Å². The number of ether oxygens (including phenoxy) is 2. The highest BCUT2D eigenvalue weighted by molar-refractivity contribution is 5.87. The lowest BCUT2D eigenvalue weighted by molar-refractivity contribution is 0.160. The van der Waals surface area contributed by atoms with E-state index in [4.69, 9.17) is 15.2 Å². The van der Waals surface area contributed by atoms with Gasteiger partial charge in [-0.05, 0) is 55.6 Å². The van der Waals surface area contributed by atoms with Crippen LogP contribution in [0.4, 0.5) is 19.4 Å². The summed E-state index contributed by atoms with van der Waals surface area (Å²) in [6, 6.07) is 14.6. The summed E-state index contributed by atoms with van der Waals surface area (Å²) < 4.78 is 37.9. The molecule has 0 spiro atoms. The van der Waals surface area contributed by atoms with E-state index >= 15 is 0 Å². The predicted octanol–water partition coefficient (Wildman–Crippen LogP) is 4.16. The van der Waals surface area contributed by atoms with Crippen molar-refractivity contribution in [3.05, 3.63) is 71.8 Å². The minimum atomic E-state index is -0.775. The number of benzene rings is 2. The summed E-state index contributed by atoms with van der Waals surface area (Å²) in [5.74, 6) is -0.315. The number of aromatic nitrogens is 2. The van der Waals surface area contributed by atoms with Gasteiger partial charge >= 0.3 is 6.03 Å². The third-order valence-electron chi connectivity index (χ3n) is 5.53. The lowest BCUT2D eigenvalue weighted by Gasteiger charge is -2.15. The van der Waals surface area contributed by atoms with E-state index in [2.05, 4.69) is 15.3 Å². The predicted molar refractivity (Wildman–Crippen MR) is 130 cm³/mol. The van der Waals surface area contributed by atoms with Crippen LogP contribution in [0.1, 0.15) is 24.8 Å². The van der Waals surface area contributed by atoms with Crippen molar-refractivity contribution in [1.29, 1.82) is 0 Å². The number of urea groups is 1. The highest BCUT2D eigenvalue weighted by atomic mass is 19.2. The third kappa shape index (κ3) is 7.49. The number of anilines is 1. The molecule has 3 aromatic rings. The first kappa shape index (κ1) is 26.1. The highest BCUT2D eigenvalue weighted by Gasteiger charge is 2.24. The number of carbonyl (C=O) groups excluding carboxylic acids is 1. The molecule has 2 amide bonds. The van der Waals surface area contributed by atoms with Crippen molar-refractivity contribution < 1.29 is 23.0 Å². The molecular formula is C25H31F2N5O3. The van der Waals surface area contributed by atoms with Crippen molar-refractivity contribution in [2.75, 3.05) is 45.3 Å². The molecule has 2 aromatic carbocycles. The number of carbonyl (C=O) groups is 1. The summed E-state index contributed by atoms with van der Waals surface area (Å²) in [6.07, 6.45) is 0.995. The number of nitrogens with two attached hydrogens (primary N) is 1. The fourth-order valence-electron chi connectivity index (χ4n) is 3.85. The van der Waals surface area contributed by atoms with E-state index in [1.54, 1.807) is 23.9 Å². The number of likely N-dealkylation sites (tertiary alicyclic amines) is 1. The van der Waals surface area contributed by atoms with Gasteiger partial charge in [0.1, 0.15) is 5.82 Å². The van der Waals surface area contributed by atoms with E-state index in [1.165, 1.54) is 12.1 Å². The van der Waals surface area contributed by atoms with Gasteiger partial charge in [-0.1, -0.05) is 24.3 Å². The number of primary amides is 1. The molecule has 1 unspecified atom stereocenters. The Labute approximate surface area is 203 Å². The van der Waals surface area contributed by atoms with Gasteiger partial charge in [0.15, 0.2) is 11.6 Å². The van der Waals surface area contributed by atoms with Crippen molar-refractivity contribution >= 4 is 11.8 Å². The molecule has 0 bridgehead atoms. The van der Waals surface area contributed by atoms with Gasteiger partial charge in [0.25, 0.3) is 0 Å². The second-order valence-electron chi connectivity index (χ2n) is 7.99. The van der Waals surface area contributed by atoms with Gasteiger partial charge in [-0.3, -0.25) is 5.32 Å². The molecule has 0 aliphatic carbocycles. The van der Waals surface area contributed by atoms with Gasteiger partial charge in [0, 0.05) is 26.3 Å². The smallest absolute Gasteiger partial charge is 0.317 e. The van der Waals surface area contributed by atoms with Crippen LogP contribution in [-0.4, -0.2) is 60.7 Å². The first-order chi connectivity index (χ1) is 16.9. The maximum Gasteiger partial charge on any atom is 0.317 e. The molecule has 8 nitrogen and oxygen atoms in total. The SMILES string of the molecule is CCOc1cc(NC(N)=O)n(-c2ccccc2)n1.COCCN1CCC(c2ccc(F)c(F)c2)C1. The second-order valence-corrected chi connectivity index (χ2v) is 7.99. The van der Waals surface area contributed by atoms with E-state index < -0.39 is 17.7 Å². The second kappa shape index (κ2) is 12.8. The Kier molecular flexibility index (Phi) is 9.56. The molecule has 1 aliphatic rings.